The fourth-order valence-electron chi connectivity index (χ4n) is 2.58. The van der Waals surface area contributed by atoms with Gasteiger partial charge in [-0.15, -0.1) is 0 Å². The molecule has 21 heavy (non-hydrogen) atoms. The number of aromatic nitrogens is 1. The van der Waals surface area contributed by atoms with Crippen LogP contribution in [0.15, 0.2) is 24.4 Å². The molecule has 0 saturated carbocycles. The largest absolute Gasteiger partial charge is 0.395 e. The lowest BCUT2D eigenvalue weighted by Crippen LogP contribution is -2.50. The number of likely N-dealkylation sites (N-methyl/N-ethyl adjacent to an activating group) is 1. The molecule has 0 radical (unpaired) electrons. The molecule has 0 unspecified atom stereocenters. The van der Waals surface area contributed by atoms with E-state index in [1.165, 1.54) is 0 Å². The summed E-state index contributed by atoms with van der Waals surface area (Å²) in [7, 11) is 0. The lowest BCUT2D eigenvalue weighted by Gasteiger charge is -2.34. The van der Waals surface area contributed by atoms with Crippen molar-refractivity contribution in [3.63, 3.8) is 0 Å². The summed E-state index contributed by atoms with van der Waals surface area (Å²) in [6.45, 7) is 4.70. The third-order valence-corrected chi connectivity index (χ3v) is 3.83. The number of rotatable bonds is 5. The fourth-order valence-corrected chi connectivity index (χ4v) is 2.58. The molecule has 1 saturated heterocycles. The van der Waals surface area contributed by atoms with E-state index in [4.69, 9.17) is 5.11 Å². The Morgan fingerprint density at radius 3 is 2.81 bits per heavy atom. The number of carbonyl (C=O) groups is 1. The second-order valence-corrected chi connectivity index (χ2v) is 5.20. The quantitative estimate of drug-likeness (QED) is 0.852. The van der Waals surface area contributed by atoms with Gasteiger partial charge in [-0.2, -0.15) is 0 Å². The topological polar surface area (TPSA) is 68.7 Å². The van der Waals surface area contributed by atoms with Crippen molar-refractivity contribution in [3.8, 4) is 0 Å². The minimum Gasteiger partial charge on any atom is -0.395 e. The van der Waals surface area contributed by atoms with E-state index in [0.29, 0.717) is 13.1 Å². The lowest BCUT2D eigenvalue weighted by atomic mass is 10.1. The zero-order valence-corrected chi connectivity index (χ0v) is 12.5. The molecular weight excluding hydrogens is 268 g/mol. The molecule has 116 valence electrons. The number of aliphatic hydroxyl groups is 1. The van der Waals surface area contributed by atoms with Crippen LogP contribution in [0.25, 0.3) is 0 Å². The number of hydrogen-bond donors (Lipinski definition) is 2. The number of nitrogens with one attached hydrogen (secondary N) is 1. The van der Waals surface area contributed by atoms with E-state index < -0.39 is 0 Å². The molecule has 2 amide bonds. The monoisotopic (exact) mass is 292 g/mol. The van der Waals surface area contributed by atoms with Crippen LogP contribution in [-0.4, -0.2) is 59.8 Å². The summed E-state index contributed by atoms with van der Waals surface area (Å²) in [6.07, 6.45) is 3.63. The van der Waals surface area contributed by atoms with Crippen LogP contribution in [0.4, 0.5) is 10.6 Å². The average molecular weight is 292 g/mol. The van der Waals surface area contributed by atoms with Crippen molar-refractivity contribution in [2.24, 2.45) is 0 Å². The molecule has 1 aromatic heterocycles. The average Bonchev–Trinajstić information content (AvgIpc) is 2.54. The van der Waals surface area contributed by atoms with Gasteiger partial charge in [0.25, 0.3) is 0 Å². The van der Waals surface area contributed by atoms with Crippen LogP contribution >= 0.6 is 0 Å². The Labute approximate surface area is 125 Å². The number of hydrogen-bond acceptors (Lipinski definition) is 4. The first kappa shape index (κ1) is 15.6. The molecule has 1 fully saturated rings. The highest BCUT2D eigenvalue weighted by Gasteiger charge is 2.22. The number of amides is 2. The molecule has 1 aliphatic heterocycles. The molecule has 6 nitrogen and oxygen atoms in total. The van der Waals surface area contributed by atoms with Crippen molar-refractivity contribution in [1.29, 1.82) is 0 Å². The number of pyridine rings is 1. The summed E-state index contributed by atoms with van der Waals surface area (Å²) >= 11 is 0. The summed E-state index contributed by atoms with van der Waals surface area (Å²) in [6, 6.07) is 6.04. The molecule has 0 aliphatic carbocycles. The minimum atomic E-state index is -0.0807. The summed E-state index contributed by atoms with van der Waals surface area (Å²) in [5.74, 6) is 0.998. The van der Waals surface area contributed by atoms with E-state index in [-0.39, 0.29) is 18.7 Å². The van der Waals surface area contributed by atoms with Crippen LogP contribution in [0.2, 0.25) is 0 Å². The standard InChI is InChI=1S/C15H24N4O2/c1-2-18(11-12-20)15(21)17-13-6-9-19(10-7-13)14-5-3-4-8-16-14/h3-5,8,13,20H,2,6-7,9-12H2,1H3,(H,17,21). The number of nitrogens with zero attached hydrogens (tertiary/aromatic N) is 3. The molecule has 0 aromatic carbocycles. The SMILES string of the molecule is CCN(CCO)C(=O)NC1CCN(c2ccccn2)CC1. The second kappa shape index (κ2) is 7.83. The van der Waals surface area contributed by atoms with E-state index in [1.807, 2.05) is 25.1 Å². The molecule has 2 heterocycles. The maximum atomic E-state index is 12.1. The number of urea groups is 1. The predicted octanol–water partition coefficient (Wildman–Crippen LogP) is 1.07. The van der Waals surface area contributed by atoms with Crippen LogP contribution in [0.1, 0.15) is 19.8 Å². The van der Waals surface area contributed by atoms with E-state index in [2.05, 4.69) is 15.2 Å². The van der Waals surface area contributed by atoms with Gasteiger partial charge in [-0.3, -0.25) is 0 Å². The highest BCUT2D eigenvalue weighted by molar-refractivity contribution is 5.74. The van der Waals surface area contributed by atoms with Crippen LogP contribution in [-0.2, 0) is 0 Å². The van der Waals surface area contributed by atoms with E-state index in [1.54, 1.807) is 11.1 Å². The predicted molar refractivity (Wildman–Crippen MR) is 82.3 cm³/mol. The second-order valence-electron chi connectivity index (χ2n) is 5.20. The maximum Gasteiger partial charge on any atom is 0.317 e. The third kappa shape index (κ3) is 4.32. The van der Waals surface area contributed by atoms with Crippen molar-refractivity contribution in [1.82, 2.24) is 15.2 Å². The summed E-state index contributed by atoms with van der Waals surface area (Å²) in [4.78, 5) is 20.3. The van der Waals surface area contributed by atoms with E-state index in [0.717, 1.165) is 31.7 Å². The summed E-state index contributed by atoms with van der Waals surface area (Å²) in [5, 5.41) is 12.0. The van der Waals surface area contributed by atoms with Crippen LogP contribution in [0, 0.1) is 0 Å². The maximum absolute atomic E-state index is 12.1. The van der Waals surface area contributed by atoms with Crippen LogP contribution in [0.5, 0.6) is 0 Å². The van der Waals surface area contributed by atoms with Gasteiger partial charge in [0, 0.05) is 38.4 Å². The molecule has 0 spiro atoms. The van der Waals surface area contributed by atoms with Gasteiger partial charge in [-0.1, -0.05) is 6.07 Å². The minimum absolute atomic E-state index is 0.000614. The van der Waals surface area contributed by atoms with Gasteiger partial charge < -0.3 is 20.2 Å². The lowest BCUT2D eigenvalue weighted by molar-refractivity contribution is 0.175. The number of anilines is 1. The zero-order chi connectivity index (χ0) is 15.1. The summed E-state index contributed by atoms with van der Waals surface area (Å²) in [5.41, 5.74) is 0. The van der Waals surface area contributed by atoms with Crippen molar-refractivity contribution in [3.05, 3.63) is 24.4 Å². The zero-order valence-electron chi connectivity index (χ0n) is 12.5. The number of piperidine rings is 1. The first-order valence-corrected chi connectivity index (χ1v) is 7.57. The Bertz CT molecular complexity index is 433. The van der Waals surface area contributed by atoms with Crippen molar-refractivity contribution < 1.29 is 9.90 Å². The van der Waals surface area contributed by atoms with Crippen molar-refractivity contribution >= 4 is 11.8 Å². The molecule has 2 rings (SSSR count). The van der Waals surface area contributed by atoms with E-state index >= 15 is 0 Å². The Morgan fingerprint density at radius 1 is 1.48 bits per heavy atom. The van der Waals surface area contributed by atoms with Gasteiger partial charge >= 0.3 is 6.03 Å². The van der Waals surface area contributed by atoms with Crippen molar-refractivity contribution in [2.45, 2.75) is 25.8 Å². The molecule has 6 heteroatoms. The van der Waals surface area contributed by atoms with Gasteiger partial charge in [0.2, 0.25) is 0 Å². The Morgan fingerprint density at radius 2 is 2.24 bits per heavy atom. The van der Waals surface area contributed by atoms with Gasteiger partial charge in [-0.25, -0.2) is 9.78 Å². The van der Waals surface area contributed by atoms with Gasteiger partial charge in [-0.05, 0) is 31.9 Å². The molecular formula is C15H24N4O2. The molecule has 1 aromatic rings. The molecule has 0 bridgehead atoms. The van der Waals surface area contributed by atoms with Gasteiger partial charge in [0.15, 0.2) is 0 Å². The molecule has 1 aliphatic rings. The highest BCUT2D eigenvalue weighted by Crippen LogP contribution is 2.17. The normalized spacial score (nSPS) is 15.8. The van der Waals surface area contributed by atoms with Gasteiger partial charge in [0.05, 0.1) is 6.61 Å². The Hall–Kier alpha value is -1.82. The third-order valence-electron chi connectivity index (χ3n) is 3.83. The first-order chi connectivity index (χ1) is 10.2. The van der Waals surface area contributed by atoms with E-state index in [9.17, 15) is 4.79 Å². The Balaban J connectivity index is 1.80. The van der Waals surface area contributed by atoms with Gasteiger partial charge in [0.1, 0.15) is 5.82 Å². The van der Waals surface area contributed by atoms with Crippen molar-refractivity contribution in [2.75, 3.05) is 37.7 Å². The van der Waals surface area contributed by atoms with Crippen LogP contribution < -0.4 is 10.2 Å². The molecule has 0 atom stereocenters. The smallest absolute Gasteiger partial charge is 0.317 e. The summed E-state index contributed by atoms with van der Waals surface area (Å²) < 4.78 is 0. The highest BCUT2D eigenvalue weighted by atomic mass is 16.3. The van der Waals surface area contributed by atoms with Crippen LogP contribution in [0.3, 0.4) is 0 Å². The first-order valence-electron chi connectivity index (χ1n) is 7.57. The number of carbonyl (C=O) groups excluding carboxylic acids is 1. The number of aliphatic hydroxyl groups excluding tert-OH is 1. The molecule has 2 N–H and O–H groups in total. The fraction of sp³-hybridized carbons (Fsp3) is 0.600. The Kier molecular flexibility index (Phi) is 5.80.